The minimum absolute atomic E-state index is 0.108. The third-order valence-corrected chi connectivity index (χ3v) is 23.1. The van der Waals surface area contributed by atoms with E-state index in [0.717, 1.165) is 102 Å². The Morgan fingerprint density at radius 1 is 0.248 bits per heavy atom. The van der Waals surface area contributed by atoms with Crippen molar-refractivity contribution >= 4 is 39.5 Å². The summed E-state index contributed by atoms with van der Waals surface area (Å²) in [5.74, 6) is -0.566. The first-order chi connectivity index (χ1) is 52.9. The highest BCUT2D eigenvalue weighted by atomic mass is 31.2. The summed E-state index contributed by atoms with van der Waals surface area (Å²) in [5.41, 5.74) is 0. The monoisotopic (exact) mass is 1590 g/mol. The maximum absolute atomic E-state index is 13.2. The molecule has 0 fully saturated rings. The zero-order valence-corrected chi connectivity index (χ0v) is 73.7. The first-order valence-corrected chi connectivity index (χ1v) is 49.5. The van der Waals surface area contributed by atoms with Crippen molar-refractivity contribution in [2.24, 2.45) is 11.8 Å². The predicted octanol–water partition coefficient (Wildman–Crippen LogP) is 27.8. The average Bonchev–Trinajstić information content (AvgIpc) is 0.904. The SMILES string of the molecule is CCCCCCCCCCCCCCCCCCCCCCCCC(=O)O[C@H](COC(=O)CCCCCCCCCCCCCCCCCC(C)C)COP(=O)(O)OC[C@@H](O)COP(=O)(O)OC[C@@H](COC(=O)CCCCCCCCCCC(C)C)OC(=O)CCCCCCCCCCCCCCCCCCCC. The molecule has 2 unspecified atom stereocenters. The average molecular weight is 1590 g/mol. The highest BCUT2D eigenvalue weighted by molar-refractivity contribution is 7.47. The van der Waals surface area contributed by atoms with Crippen molar-refractivity contribution in [1.29, 1.82) is 0 Å². The number of esters is 4. The van der Waals surface area contributed by atoms with E-state index in [-0.39, 0.29) is 25.7 Å². The van der Waals surface area contributed by atoms with Crippen LogP contribution in [0.2, 0.25) is 0 Å². The van der Waals surface area contributed by atoms with Gasteiger partial charge >= 0.3 is 39.5 Å². The number of rotatable bonds is 89. The number of aliphatic hydroxyl groups is 1. The molecule has 17 nitrogen and oxygen atoms in total. The van der Waals surface area contributed by atoms with Crippen LogP contribution >= 0.6 is 15.6 Å². The molecule has 3 N–H and O–H groups in total. The van der Waals surface area contributed by atoms with Gasteiger partial charge in [0.15, 0.2) is 12.2 Å². The zero-order chi connectivity index (χ0) is 79.9. The van der Waals surface area contributed by atoms with Crippen LogP contribution in [0, 0.1) is 11.8 Å². The summed E-state index contributed by atoms with van der Waals surface area (Å²) in [6, 6.07) is 0. The van der Waals surface area contributed by atoms with Crippen molar-refractivity contribution in [1.82, 2.24) is 0 Å². The molecule has 0 saturated heterocycles. The molecule has 0 aromatic carbocycles. The smallest absolute Gasteiger partial charge is 0.462 e. The molecule has 0 aliphatic carbocycles. The fourth-order valence-corrected chi connectivity index (χ4v) is 15.7. The van der Waals surface area contributed by atoms with Crippen LogP contribution in [0.15, 0.2) is 0 Å². The number of carbonyl (C=O) groups excluding carboxylic acids is 4. The third kappa shape index (κ3) is 83.8. The second kappa shape index (κ2) is 81.2. The minimum atomic E-state index is -4.97. The lowest BCUT2D eigenvalue weighted by Gasteiger charge is -2.21. The Labute approximate surface area is 670 Å². The number of aliphatic hydroxyl groups excluding tert-OH is 1. The van der Waals surface area contributed by atoms with Crippen LogP contribution in [0.3, 0.4) is 0 Å². The molecule has 0 spiro atoms. The molecule has 648 valence electrons. The highest BCUT2D eigenvalue weighted by Gasteiger charge is 2.31. The second-order valence-electron chi connectivity index (χ2n) is 33.3. The number of ether oxygens (including phenoxy) is 4. The van der Waals surface area contributed by atoms with Gasteiger partial charge in [-0.2, -0.15) is 0 Å². The van der Waals surface area contributed by atoms with E-state index in [1.807, 2.05) is 0 Å². The van der Waals surface area contributed by atoms with Gasteiger partial charge in [-0.05, 0) is 37.5 Å². The van der Waals surface area contributed by atoms with E-state index >= 15 is 0 Å². The molecule has 0 radical (unpaired) electrons. The molecular weight excluding hydrogens is 1410 g/mol. The lowest BCUT2D eigenvalue weighted by molar-refractivity contribution is -0.161. The Kier molecular flexibility index (Phi) is 79.8. The van der Waals surface area contributed by atoms with Crippen molar-refractivity contribution < 1.29 is 80.2 Å². The predicted molar refractivity (Wildman–Crippen MR) is 451 cm³/mol. The van der Waals surface area contributed by atoms with Gasteiger partial charge in [0, 0.05) is 25.7 Å². The number of hydrogen-bond acceptors (Lipinski definition) is 15. The molecular formula is C90H176O17P2. The molecule has 19 heteroatoms. The summed E-state index contributed by atoms with van der Waals surface area (Å²) in [7, 11) is -9.93. The van der Waals surface area contributed by atoms with Gasteiger partial charge in [0.1, 0.15) is 19.3 Å². The van der Waals surface area contributed by atoms with Crippen LogP contribution in [0.5, 0.6) is 0 Å². The molecule has 0 aliphatic rings. The van der Waals surface area contributed by atoms with Gasteiger partial charge in [-0.3, -0.25) is 37.3 Å². The Morgan fingerprint density at radius 3 is 0.624 bits per heavy atom. The van der Waals surface area contributed by atoms with E-state index in [9.17, 15) is 43.2 Å². The molecule has 0 aromatic rings. The molecule has 0 rings (SSSR count). The van der Waals surface area contributed by atoms with E-state index in [4.69, 9.17) is 37.0 Å². The largest absolute Gasteiger partial charge is 0.472 e. The van der Waals surface area contributed by atoms with Crippen LogP contribution in [0.1, 0.15) is 485 Å². The van der Waals surface area contributed by atoms with Crippen LogP contribution in [0.4, 0.5) is 0 Å². The normalized spacial score (nSPS) is 13.8. The van der Waals surface area contributed by atoms with Gasteiger partial charge in [0.05, 0.1) is 26.4 Å². The van der Waals surface area contributed by atoms with Crippen molar-refractivity contribution in [2.45, 2.75) is 503 Å². The van der Waals surface area contributed by atoms with E-state index < -0.39 is 97.5 Å². The summed E-state index contributed by atoms with van der Waals surface area (Å²) in [6.45, 7) is 9.69. The van der Waals surface area contributed by atoms with Crippen LogP contribution in [0.25, 0.3) is 0 Å². The second-order valence-corrected chi connectivity index (χ2v) is 36.2. The molecule has 0 amide bonds. The molecule has 109 heavy (non-hydrogen) atoms. The first kappa shape index (κ1) is 107. The molecule has 0 aromatic heterocycles. The minimum Gasteiger partial charge on any atom is -0.462 e. The highest BCUT2D eigenvalue weighted by Crippen LogP contribution is 2.45. The van der Waals surface area contributed by atoms with Gasteiger partial charge in [-0.15, -0.1) is 0 Å². The number of unbranched alkanes of at least 4 members (excludes halogenated alkanes) is 59. The summed E-state index contributed by atoms with van der Waals surface area (Å²) in [4.78, 5) is 73.4. The lowest BCUT2D eigenvalue weighted by atomic mass is 10.0. The van der Waals surface area contributed by atoms with Gasteiger partial charge in [-0.1, -0.05) is 433 Å². The van der Waals surface area contributed by atoms with Gasteiger partial charge < -0.3 is 33.8 Å². The van der Waals surface area contributed by atoms with Crippen LogP contribution in [-0.2, 0) is 65.4 Å². The number of phosphoric acid groups is 2. The zero-order valence-electron chi connectivity index (χ0n) is 71.9. The Morgan fingerprint density at radius 2 is 0.422 bits per heavy atom. The molecule has 0 bridgehead atoms. The molecule has 0 aliphatic heterocycles. The van der Waals surface area contributed by atoms with Crippen molar-refractivity contribution in [2.75, 3.05) is 39.6 Å². The van der Waals surface area contributed by atoms with Crippen LogP contribution < -0.4 is 0 Å². The van der Waals surface area contributed by atoms with Crippen molar-refractivity contribution in [3.05, 3.63) is 0 Å². The topological polar surface area (TPSA) is 237 Å². The third-order valence-electron chi connectivity index (χ3n) is 21.2. The Hall–Kier alpha value is -1.94. The van der Waals surface area contributed by atoms with E-state index in [1.54, 1.807) is 0 Å². The van der Waals surface area contributed by atoms with Crippen molar-refractivity contribution in [3.63, 3.8) is 0 Å². The van der Waals surface area contributed by atoms with Gasteiger partial charge in [-0.25, -0.2) is 9.13 Å². The lowest BCUT2D eigenvalue weighted by Crippen LogP contribution is -2.30. The number of phosphoric ester groups is 2. The van der Waals surface area contributed by atoms with Gasteiger partial charge in [0.2, 0.25) is 0 Å². The fraction of sp³-hybridized carbons (Fsp3) is 0.956. The summed E-state index contributed by atoms with van der Waals surface area (Å²) in [6.07, 6.45) is 75.2. The Balaban J connectivity index is 5.23. The maximum atomic E-state index is 13.2. The Bertz CT molecular complexity index is 2080. The summed E-state index contributed by atoms with van der Waals surface area (Å²) < 4.78 is 69.0. The molecule has 0 heterocycles. The number of hydrogen-bond donors (Lipinski definition) is 3. The molecule has 5 atom stereocenters. The standard InChI is InChI=1S/C90H176O17P2/c1-7-9-11-13-15-17-19-21-23-25-27-28-29-30-32-36-41-45-49-57-63-69-74-89(94)106-85(78-100-87(92)72-66-60-54-47-43-39-37-33-34-38-42-46-52-58-64-70-82(3)4)80-104-108(96,97)102-76-84(91)77-103-109(98,99)105-81-86(79-101-88(93)73-67-61-55-51-50-53-59-65-71-83(5)6)107-90(95)75-68-62-56-48-44-40-35-31-26-24-22-20-18-16-14-12-10-8-2/h82-86,91H,7-81H2,1-6H3,(H,96,97)(H,98,99)/t84-,85-,86-/m1/s1. The summed E-state index contributed by atoms with van der Waals surface area (Å²) in [5, 5.41) is 10.7. The van der Waals surface area contributed by atoms with Crippen molar-refractivity contribution in [3.8, 4) is 0 Å². The summed E-state index contributed by atoms with van der Waals surface area (Å²) >= 11 is 0. The first-order valence-electron chi connectivity index (χ1n) is 46.5. The van der Waals surface area contributed by atoms with Gasteiger partial charge in [0.25, 0.3) is 0 Å². The van der Waals surface area contributed by atoms with E-state index in [2.05, 4.69) is 41.5 Å². The maximum Gasteiger partial charge on any atom is 0.472 e. The fourth-order valence-electron chi connectivity index (χ4n) is 14.1. The van der Waals surface area contributed by atoms with E-state index in [0.29, 0.717) is 25.7 Å². The molecule has 0 saturated carbocycles. The number of carbonyl (C=O) groups is 4. The van der Waals surface area contributed by atoms with Crippen LogP contribution in [-0.4, -0.2) is 96.7 Å². The van der Waals surface area contributed by atoms with E-state index in [1.165, 1.54) is 302 Å². The quantitative estimate of drug-likeness (QED) is 0.0222.